The highest BCUT2D eigenvalue weighted by molar-refractivity contribution is 5.94. The average molecular weight is 178 g/mol. The minimum absolute atomic E-state index is 0.00704. The van der Waals surface area contributed by atoms with Crippen LogP contribution >= 0.6 is 0 Å². The molecule has 0 aromatic heterocycles. The number of aliphatic hydroxyl groups is 1. The summed E-state index contributed by atoms with van der Waals surface area (Å²) in [7, 11) is 0. The summed E-state index contributed by atoms with van der Waals surface area (Å²) in [5.41, 5.74) is 6.54. The van der Waals surface area contributed by atoms with E-state index in [1.807, 2.05) is 12.1 Å². The van der Waals surface area contributed by atoms with Gasteiger partial charge >= 0.3 is 0 Å². The number of benzene rings is 1. The van der Waals surface area contributed by atoms with Gasteiger partial charge in [0.1, 0.15) is 0 Å². The molecule has 1 radical (unpaired) electrons. The first-order valence-corrected chi connectivity index (χ1v) is 4.06. The monoisotopic (exact) mass is 178 g/mol. The van der Waals surface area contributed by atoms with E-state index in [2.05, 4.69) is 0 Å². The predicted molar refractivity (Wildman–Crippen MR) is 50.0 cm³/mol. The van der Waals surface area contributed by atoms with Gasteiger partial charge in [-0.2, -0.15) is 0 Å². The highest BCUT2D eigenvalue weighted by Gasteiger charge is 2.05. The minimum atomic E-state index is -0.429. The molecule has 3 nitrogen and oxygen atoms in total. The number of hydrogen-bond acceptors (Lipinski definition) is 2. The first kappa shape index (κ1) is 9.74. The van der Waals surface area contributed by atoms with E-state index in [0.29, 0.717) is 12.0 Å². The zero-order valence-electron chi connectivity index (χ0n) is 7.23. The first-order chi connectivity index (χ1) is 6.25. The third kappa shape index (κ3) is 2.56. The van der Waals surface area contributed by atoms with Crippen LogP contribution in [0.4, 0.5) is 0 Å². The Hall–Kier alpha value is -1.35. The van der Waals surface area contributed by atoms with Crippen LogP contribution in [0.15, 0.2) is 24.3 Å². The number of primary amides is 1. The Morgan fingerprint density at radius 3 is 2.77 bits per heavy atom. The molecule has 1 amide bonds. The molecule has 0 heterocycles. The third-order valence-electron chi connectivity index (χ3n) is 1.78. The lowest BCUT2D eigenvalue weighted by Crippen LogP contribution is -2.13. The molecule has 0 spiro atoms. The number of carbonyl (C=O) groups is 1. The Balaban J connectivity index is 2.84. The van der Waals surface area contributed by atoms with Crippen LogP contribution < -0.4 is 5.73 Å². The number of amides is 1. The zero-order chi connectivity index (χ0) is 9.68. The minimum Gasteiger partial charge on any atom is -0.396 e. The zero-order valence-corrected chi connectivity index (χ0v) is 7.23. The molecule has 13 heavy (non-hydrogen) atoms. The van der Waals surface area contributed by atoms with Crippen molar-refractivity contribution in [2.24, 2.45) is 5.73 Å². The van der Waals surface area contributed by atoms with Gasteiger partial charge < -0.3 is 10.8 Å². The van der Waals surface area contributed by atoms with E-state index in [9.17, 15) is 4.79 Å². The van der Waals surface area contributed by atoms with E-state index >= 15 is 0 Å². The maximum absolute atomic E-state index is 10.9. The van der Waals surface area contributed by atoms with Gasteiger partial charge in [-0.15, -0.1) is 0 Å². The molecular formula is C10H12NO2. The van der Waals surface area contributed by atoms with Gasteiger partial charge in [0, 0.05) is 12.2 Å². The molecule has 0 aliphatic heterocycles. The number of carbonyl (C=O) groups excluding carboxylic acids is 1. The molecule has 0 atom stereocenters. The molecule has 3 N–H and O–H groups in total. The van der Waals surface area contributed by atoms with Gasteiger partial charge in [-0.25, -0.2) is 0 Å². The Kier molecular flexibility index (Phi) is 3.46. The topological polar surface area (TPSA) is 63.3 Å². The maximum Gasteiger partial charge on any atom is 0.248 e. The molecule has 1 aromatic rings. The van der Waals surface area contributed by atoms with Gasteiger partial charge in [-0.3, -0.25) is 4.79 Å². The lowest BCUT2D eigenvalue weighted by atomic mass is 10.0. The van der Waals surface area contributed by atoms with Crippen LogP contribution in [-0.2, 0) is 6.42 Å². The van der Waals surface area contributed by atoms with Gasteiger partial charge in [0.05, 0.1) is 0 Å². The second-order valence-corrected chi connectivity index (χ2v) is 2.70. The molecule has 1 rings (SSSR count). The van der Waals surface area contributed by atoms with E-state index in [0.717, 1.165) is 5.56 Å². The molecule has 0 saturated carbocycles. The van der Waals surface area contributed by atoms with Crippen molar-refractivity contribution >= 4 is 5.91 Å². The predicted octanol–water partition coefficient (Wildman–Crippen LogP) is 0.525. The van der Waals surface area contributed by atoms with Crippen LogP contribution in [0.2, 0.25) is 0 Å². The molecule has 69 valence electrons. The van der Waals surface area contributed by atoms with Crippen molar-refractivity contribution < 1.29 is 9.90 Å². The van der Waals surface area contributed by atoms with Crippen LogP contribution in [-0.4, -0.2) is 17.6 Å². The standard InChI is InChI=1S/C10H12NO2/c11-10(13)9-6-2-1-4-8(9)5-3-7-12/h1-4,6,12H,5,7H2,(H2,11,13). The van der Waals surface area contributed by atoms with Gasteiger partial charge in [0.15, 0.2) is 0 Å². The number of hydrogen-bond donors (Lipinski definition) is 2. The molecule has 0 aliphatic rings. The lowest BCUT2D eigenvalue weighted by molar-refractivity contribution is 0.0999. The Labute approximate surface area is 77.2 Å². The molecule has 0 bridgehead atoms. The maximum atomic E-state index is 10.9. The summed E-state index contributed by atoms with van der Waals surface area (Å²) in [6, 6.07) is 7.12. The molecule has 1 aromatic carbocycles. The molecule has 0 saturated heterocycles. The highest BCUT2D eigenvalue weighted by Crippen LogP contribution is 2.09. The summed E-state index contributed by atoms with van der Waals surface area (Å²) in [5.74, 6) is -0.429. The summed E-state index contributed by atoms with van der Waals surface area (Å²) >= 11 is 0. The van der Waals surface area contributed by atoms with E-state index in [1.165, 1.54) is 0 Å². The van der Waals surface area contributed by atoms with Crippen molar-refractivity contribution in [3.63, 3.8) is 0 Å². The van der Waals surface area contributed by atoms with E-state index in [4.69, 9.17) is 10.8 Å². The molecular weight excluding hydrogens is 166 g/mol. The fraction of sp³-hybridized carbons (Fsp3) is 0.200. The average Bonchev–Trinajstić information content (AvgIpc) is 2.15. The molecule has 3 heteroatoms. The molecule has 0 unspecified atom stereocenters. The second kappa shape index (κ2) is 4.62. The summed E-state index contributed by atoms with van der Waals surface area (Å²) in [6.07, 6.45) is 2.25. The quantitative estimate of drug-likeness (QED) is 0.706. The Morgan fingerprint density at radius 1 is 1.46 bits per heavy atom. The van der Waals surface area contributed by atoms with Gasteiger partial charge in [0.25, 0.3) is 0 Å². The summed E-state index contributed by atoms with van der Waals surface area (Å²) < 4.78 is 0. The fourth-order valence-electron chi connectivity index (χ4n) is 1.16. The van der Waals surface area contributed by atoms with Crippen LogP contribution in [0.25, 0.3) is 0 Å². The van der Waals surface area contributed by atoms with Crippen molar-refractivity contribution in [2.45, 2.75) is 6.42 Å². The number of aliphatic hydroxyl groups excluding tert-OH is 1. The Bertz CT molecular complexity index is 297. The van der Waals surface area contributed by atoms with Crippen LogP contribution in [0.5, 0.6) is 0 Å². The normalized spacial score (nSPS) is 9.92. The lowest BCUT2D eigenvalue weighted by Gasteiger charge is -2.04. The molecule has 0 aliphatic carbocycles. The van der Waals surface area contributed by atoms with Crippen LogP contribution in [0, 0.1) is 6.42 Å². The van der Waals surface area contributed by atoms with Crippen molar-refractivity contribution in [1.29, 1.82) is 0 Å². The van der Waals surface area contributed by atoms with Crippen molar-refractivity contribution in [3.8, 4) is 0 Å². The van der Waals surface area contributed by atoms with E-state index < -0.39 is 5.91 Å². The van der Waals surface area contributed by atoms with Crippen molar-refractivity contribution in [2.75, 3.05) is 6.61 Å². The highest BCUT2D eigenvalue weighted by atomic mass is 16.2. The number of rotatable bonds is 4. The van der Waals surface area contributed by atoms with Crippen molar-refractivity contribution in [3.05, 3.63) is 41.8 Å². The number of nitrogens with two attached hydrogens (primary N) is 1. The third-order valence-corrected chi connectivity index (χ3v) is 1.78. The second-order valence-electron chi connectivity index (χ2n) is 2.70. The first-order valence-electron chi connectivity index (χ1n) is 4.06. The largest absolute Gasteiger partial charge is 0.396 e. The van der Waals surface area contributed by atoms with Gasteiger partial charge in [-0.05, 0) is 24.5 Å². The van der Waals surface area contributed by atoms with E-state index in [1.54, 1.807) is 18.6 Å². The molecule has 0 fully saturated rings. The van der Waals surface area contributed by atoms with E-state index in [-0.39, 0.29) is 6.61 Å². The van der Waals surface area contributed by atoms with Crippen molar-refractivity contribution in [1.82, 2.24) is 0 Å². The SMILES string of the molecule is NC(=O)c1ccccc1C[CH]CO. The summed E-state index contributed by atoms with van der Waals surface area (Å²) in [6.45, 7) is 0.00704. The fourth-order valence-corrected chi connectivity index (χ4v) is 1.16. The van der Waals surface area contributed by atoms with Gasteiger partial charge in [0.2, 0.25) is 5.91 Å². The van der Waals surface area contributed by atoms with Crippen LogP contribution in [0.3, 0.4) is 0 Å². The van der Waals surface area contributed by atoms with Gasteiger partial charge in [-0.1, -0.05) is 18.2 Å². The summed E-state index contributed by atoms with van der Waals surface area (Å²) in [4.78, 5) is 10.9. The smallest absolute Gasteiger partial charge is 0.248 e. The van der Waals surface area contributed by atoms with Crippen LogP contribution in [0.1, 0.15) is 15.9 Å². The Morgan fingerprint density at radius 2 is 2.15 bits per heavy atom. The summed E-state index contributed by atoms with van der Waals surface area (Å²) in [5, 5.41) is 8.59.